The molecule has 0 aliphatic carbocycles. The number of nitrogens with one attached hydrogen (secondary N) is 2. The molecule has 158 valence electrons. The first-order valence-electron chi connectivity index (χ1n) is 8.50. The maximum atomic E-state index is 13.1. The van der Waals surface area contributed by atoms with Crippen molar-refractivity contribution in [3.63, 3.8) is 0 Å². The van der Waals surface area contributed by atoms with E-state index in [1.54, 1.807) is 23.6 Å². The van der Waals surface area contributed by atoms with Crippen LogP contribution in [0.2, 0.25) is 10.0 Å². The molecule has 2 N–H and O–H groups in total. The van der Waals surface area contributed by atoms with E-state index in [9.17, 15) is 16.8 Å². The van der Waals surface area contributed by atoms with Crippen molar-refractivity contribution in [1.82, 2.24) is 0 Å². The zero-order valence-electron chi connectivity index (χ0n) is 15.1. The Kier molecular flexibility index (Phi) is 5.62. The van der Waals surface area contributed by atoms with Gasteiger partial charge in [0, 0.05) is 6.42 Å². The van der Waals surface area contributed by atoms with Crippen LogP contribution in [0.5, 0.6) is 5.75 Å². The van der Waals surface area contributed by atoms with E-state index in [4.69, 9.17) is 27.9 Å². The Morgan fingerprint density at radius 2 is 1.57 bits per heavy atom. The molecule has 0 unspecified atom stereocenters. The van der Waals surface area contributed by atoms with Gasteiger partial charge in [-0.2, -0.15) is 0 Å². The molecule has 2 aromatic carbocycles. The van der Waals surface area contributed by atoms with Gasteiger partial charge in [0.25, 0.3) is 20.0 Å². The third-order valence-electron chi connectivity index (χ3n) is 4.28. The molecule has 1 aliphatic rings. The molecule has 0 bridgehead atoms. The fraction of sp³-hybridized carbons (Fsp3) is 0.111. The molecule has 0 amide bonds. The molecule has 7 nitrogen and oxygen atoms in total. The molecule has 4 rings (SSSR count). The number of halogens is 2. The van der Waals surface area contributed by atoms with Crippen molar-refractivity contribution in [1.29, 1.82) is 0 Å². The number of rotatable bonds is 6. The number of ether oxygens (including phenoxy) is 1. The van der Waals surface area contributed by atoms with Gasteiger partial charge in [-0.25, -0.2) is 16.8 Å². The molecular weight excluding hydrogens is 491 g/mol. The van der Waals surface area contributed by atoms with Gasteiger partial charge in [-0.1, -0.05) is 41.4 Å². The summed E-state index contributed by atoms with van der Waals surface area (Å²) in [5, 5.41) is 1.73. The lowest BCUT2D eigenvalue weighted by Crippen LogP contribution is -2.17. The molecule has 0 saturated heterocycles. The van der Waals surface area contributed by atoms with Crippen molar-refractivity contribution in [3.05, 3.63) is 63.5 Å². The minimum Gasteiger partial charge on any atom is -0.492 e. The van der Waals surface area contributed by atoms with E-state index >= 15 is 0 Å². The Labute approximate surface area is 187 Å². The van der Waals surface area contributed by atoms with Crippen LogP contribution in [0.4, 0.5) is 11.4 Å². The minimum absolute atomic E-state index is 0.0457. The average Bonchev–Trinajstić information content (AvgIpc) is 3.36. The van der Waals surface area contributed by atoms with E-state index in [1.807, 2.05) is 0 Å². The highest BCUT2D eigenvalue weighted by molar-refractivity contribution is 7.94. The van der Waals surface area contributed by atoms with Crippen molar-refractivity contribution in [2.24, 2.45) is 0 Å². The van der Waals surface area contributed by atoms with Crippen molar-refractivity contribution >= 4 is 66.0 Å². The third kappa shape index (κ3) is 4.10. The highest BCUT2D eigenvalue weighted by Gasteiger charge is 2.27. The summed E-state index contributed by atoms with van der Waals surface area (Å²) < 4.78 is 61.7. The van der Waals surface area contributed by atoms with Gasteiger partial charge in [-0.15, -0.1) is 11.3 Å². The SMILES string of the molecule is O=S(=O)(Nc1cc(Cl)c(Cl)cc1NS(=O)(=O)c1cccc2c1OCC2)c1cccs1. The normalized spacial score (nSPS) is 13.5. The third-order valence-corrected chi connectivity index (χ3v) is 9.15. The summed E-state index contributed by atoms with van der Waals surface area (Å²) in [6.07, 6.45) is 0.608. The highest BCUT2D eigenvalue weighted by Crippen LogP contribution is 2.38. The zero-order valence-corrected chi connectivity index (χ0v) is 19.0. The summed E-state index contributed by atoms with van der Waals surface area (Å²) in [5.41, 5.74) is 0.653. The summed E-state index contributed by atoms with van der Waals surface area (Å²) in [6.45, 7) is 0.389. The average molecular weight is 505 g/mol. The van der Waals surface area contributed by atoms with Gasteiger partial charge >= 0.3 is 0 Å². The van der Waals surface area contributed by atoms with Crippen LogP contribution in [-0.2, 0) is 26.5 Å². The topological polar surface area (TPSA) is 102 Å². The summed E-state index contributed by atoms with van der Waals surface area (Å²) in [6, 6.07) is 10.3. The van der Waals surface area contributed by atoms with Crippen LogP contribution in [0, 0.1) is 0 Å². The second kappa shape index (κ2) is 7.93. The minimum atomic E-state index is -4.11. The number of benzene rings is 2. The number of anilines is 2. The molecule has 0 radical (unpaired) electrons. The van der Waals surface area contributed by atoms with E-state index in [0.717, 1.165) is 16.9 Å². The Morgan fingerprint density at radius 3 is 2.20 bits per heavy atom. The summed E-state index contributed by atoms with van der Waals surface area (Å²) in [5.74, 6) is 0.283. The molecule has 2 heterocycles. The first kappa shape index (κ1) is 21.3. The fourth-order valence-corrected chi connectivity index (χ4v) is 6.57. The molecule has 0 atom stereocenters. The first-order valence-corrected chi connectivity index (χ1v) is 13.1. The summed E-state index contributed by atoms with van der Waals surface area (Å²) in [7, 11) is -8.05. The van der Waals surface area contributed by atoms with Crippen LogP contribution in [0.3, 0.4) is 0 Å². The van der Waals surface area contributed by atoms with Crippen LogP contribution in [0.15, 0.2) is 56.9 Å². The van der Waals surface area contributed by atoms with Crippen LogP contribution >= 0.6 is 34.5 Å². The molecule has 12 heteroatoms. The molecule has 1 aliphatic heterocycles. The molecular formula is C18H14Cl2N2O5S3. The molecule has 1 aromatic heterocycles. The Bertz CT molecular complexity index is 1320. The predicted molar refractivity (Wildman–Crippen MR) is 118 cm³/mol. The quantitative estimate of drug-likeness (QED) is 0.510. The van der Waals surface area contributed by atoms with Gasteiger partial charge in [-0.05, 0) is 35.2 Å². The van der Waals surface area contributed by atoms with Crippen molar-refractivity contribution in [2.75, 3.05) is 16.1 Å². The van der Waals surface area contributed by atoms with Gasteiger partial charge in [0.1, 0.15) is 14.9 Å². The summed E-state index contributed by atoms with van der Waals surface area (Å²) in [4.78, 5) is -0.0457. The lowest BCUT2D eigenvalue weighted by atomic mass is 10.2. The number of hydrogen-bond acceptors (Lipinski definition) is 6. The largest absolute Gasteiger partial charge is 0.492 e. The Balaban J connectivity index is 1.74. The standard InChI is InChI=1S/C18H14Cl2N2O5S3/c19-12-9-14(15(10-13(12)20)22-30(25,26)17-5-2-8-28-17)21-29(23,24)16-4-1-3-11-6-7-27-18(11)16/h1-5,8-10,21-22H,6-7H2. The van der Waals surface area contributed by atoms with Crippen LogP contribution < -0.4 is 14.2 Å². The van der Waals surface area contributed by atoms with E-state index < -0.39 is 20.0 Å². The predicted octanol–water partition coefficient (Wildman–Crippen LogP) is 4.59. The maximum Gasteiger partial charge on any atom is 0.271 e. The number of sulfonamides is 2. The number of para-hydroxylation sites is 1. The molecule has 0 saturated carbocycles. The monoisotopic (exact) mass is 504 g/mol. The second-order valence-corrected chi connectivity index (χ2v) is 11.6. The zero-order chi connectivity index (χ0) is 21.5. The van der Waals surface area contributed by atoms with Crippen molar-refractivity contribution in [2.45, 2.75) is 15.5 Å². The van der Waals surface area contributed by atoms with E-state index in [-0.39, 0.29) is 36.3 Å². The lowest BCUT2D eigenvalue weighted by Gasteiger charge is -2.16. The van der Waals surface area contributed by atoms with Crippen molar-refractivity contribution in [3.8, 4) is 5.75 Å². The molecule has 0 fully saturated rings. The first-order chi connectivity index (χ1) is 14.2. The fourth-order valence-electron chi connectivity index (χ4n) is 2.92. The number of hydrogen-bond donors (Lipinski definition) is 2. The van der Waals surface area contributed by atoms with Gasteiger partial charge in [-0.3, -0.25) is 9.44 Å². The van der Waals surface area contributed by atoms with E-state index in [1.165, 1.54) is 24.3 Å². The highest BCUT2D eigenvalue weighted by atomic mass is 35.5. The lowest BCUT2D eigenvalue weighted by molar-refractivity contribution is 0.348. The van der Waals surface area contributed by atoms with E-state index in [2.05, 4.69) is 9.44 Å². The number of thiophene rings is 1. The smallest absolute Gasteiger partial charge is 0.271 e. The van der Waals surface area contributed by atoms with Crippen molar-refractivity contribution < 1.29 is 21.6 Å². The summed E-state index contributed by atoms with van der Waals surface area (Å²) >= 11 is 13.1. The van der Waals surface area contributed by atoms with Gasteiger partial charge < -0.3 is 4.74 Å². The Hall–Kier alpha value is -1.98. The second-order valence-electron chi connectivity index (χ2n) is 6.30. The molecule has 0 spiro atoms. The van der Waals surface area contributed by atoms with E-state index in [0.29, 0.717) is 13.0 Å². The van der Waals surface area contributed by atoms with Crippen LogP contribution in [0.25, 0.3) is 0 Å². The van der Waals surface area contributed by atoms with Gasteiger partial charge in [0.15, 0.2) is 0 Å². The van der Waals surface area contributed by atoms with Gasteiger partial charge in [0.2, 0.25) is 0 Å². The Morgan fingerprint density at radius 1 is 0.900 bits per heavy atom. The maximum absolute atomic E-state index is 13.1. The number of fused-ring (bicyclic) bond motifs is 1. The van der Waals surface area contributed by atoms with Crippen LogP contribution in [-0.4, -0.2) is 23.4 Å². The molecule has 3 aromatic rings. The molecule has 30 heavy (non-hydrogen) atoms. The van der Waals surface area contributed by atoms with Crippen LogP contribution in [0.1, 0.15) is 5.56 Å². The van der Waals surface area contributed by atoms with Gasteiger partial charge in [0.05, 0.1) is 28.0 Å².